The van der Waals surface area contributed by atoms with Crippen molar-refractivity contribution in [3.05, 3.63) is 50.0 Å². The Morgan fingerprint density at radius 1 is 1.24 bits per heavy atom. The Kier molecular flexibility index (Phi) is 4.22. The Morgan fingerprint density at radius 2 is 1.86 bits per heavy atom. The molecular weight excluding hydrogens is 340 g/mol. The highest BCUT2D eigenvalue weighted by Gasteiger charge is 2.26. The minimum atomic E-state index is -0.655. The first-order chi connectivity index (χ1) is 9.88. The fraction of sp³-hybridized carbons (Fsp3) is 0.167. The molecule has 1 atom stereocenters. The number of nitrogens with two attached hydrogens (primary N) is 3. The van der Waals surface area contributed by atoms with Crippen molar-refractivity contribution in [1.29, 1.82) is 0 Å². The second-order valence-corrected chi connectivity index (χ2v) is 5.30. The predicted molar refractivity (Wildman–Crippen MR) is 83.1 cm³/mol. The Hall–Kier alpha value is -2.42. The molecule has 2 rings (SSSR count). The topological polar surface area (TPSA) is 147 Å². The zero-order chi connectivity index (χ0) is 15.6. The van der Waals surface area contributed by atoms with Crippen LogP contribution in [0.25, 0.3) is 0 Å². The van der Waals surface area contributed by atoms with Crippen LogP contribution >= 0.6 is 15.9 Å². The molecule has 0 amide bonds. The normalized spacial score (nSPS) is 12.0. The van der Waals surface area contributed by atoms with Crippen LogP contribution in [-0.2, 0) is 0 Å². The van der Waals surface area contributed by atoms with E-state index in [4.69, 9.17) is 17.2 Å². The molecular formula is C12H13BrN6O2. The van der Waals surface area contributed by atoms with Gasteiger partial charge in [0.2, 0.25) is 12.5 Å². The third-order valence-electron chi connectivity index (χ3n) is 2.95. The molecule has 8 nitrogen and oxygen atoms in total. The second-order valence-electron chi connectivity index (χ2n) is 4.39. The first-order valence-corrected chi connectivity index (χ1v) is 6.73. The van der Waals surface area contributed by atoms with Gasteiger partial charge in [-0.2, -0.15) is 9.97 Å². The van der Waals surface area contributed by atoms with Crippen molar-refractivity contribution in [2.75, 3.05) is 23.7 Å². The van der Waals surface area contributed by atoms with Crippen LogP contribution in [0.5, 0.6) is 0 Å². The number of nitrogen functional groups attached to an aromatic ring is 3. The largest absolute Gasteiger partial charge is 0.383 e. The third kappa shape index (κ3) is 3.37. The molecule has 0 spiro atoms. The zero-order valence-corrected chi connectivity index (χ0v) is 12.4. The summed E-state index contributed by atoms with van der Waals surface area (Å²) in [6, 6.07) is 7.12. The summed E-state index contributed by atoms with van der Waals surface area (Å²) < 4.78 is 0.793. The first-order valence-electron chi connectivity index (χ1n) is 5.94. The molecule has 0 saturated carbocycles. The molecule has 1 aromatic heterocycles. The lowest BCUT2D eigenvalue weighted by molar-refractivity contribution is -0.481. The van der Waals surface area contributed by atoms with E-state index in [0.717, 1.165) is 4.47 Å². The number of nitrogens with zero attached hydrogens (tertiary/aromatic N) is 3. The summed E-state index contributed by atoms with van der Waals surface area (Å²) in [5, 5.41) is 11.0. The van der Waals surface area contributed by atoms with Gasteiger partial charge in [-0.3, -0.25) is 10.1 Å². The number of aromatic nitrogens is 2. The van der Waals surface area contributed by atoms with Gasteiger partial charge in [0.1, 0.15) is 11.6 Å². The van der Waals surface area contributed by atoms with E-state index in [1.807, 2.05) is 6.07 Å². The maximum Gasteiger partial charge on any atom is 0.223 e. The molecule has 2 aromatic rings. The lowest BCUT2D eigenvalue weighted by atomic mass is 9.91. The summed E-state index contributed by atoms with van der Waals surface area (Å²) >= 11 is 3.33. The van der Waals surface area contributed by atoms with Crippen LogP contribution in [0.3, 0.4) is 0 Å². The van der Waals surface area contributed by atoms with Crippen molar-refractivity contribution in [3.63, 3.8) is 0 Å². The predicted octanol–water partition coefficient (Wildman–Crippen LogP) is 1.39. The van der Waals surface area contributed by atoms with Crippen LogP contribution in [0.15, 0.2) is 28.7 Å². The molecule has 1 aromatic carbocycles. The molecule has 6 N–H and O–H groups in total. The van der Waals surface area contributed by atoms with Gasteiger partial charge < -0.3 is 17.2 Å². The maximum absolute atomic E-state index is 11.0. The Balaban J connectivity index is 2.58. The Bertz CT molecular complexity index is 670. The molecule has 21 heavy (non-hydrogen) atoms. The van der Waals surface area contributed by atoms with E-state index in [2.05, 4.69) is 25.9 Å². The van der Waals surface area contributed by atoms with Gasteiger partial charge in [0.15, 0.2) is 0 Å². The number of halogens is 1. The van der Waals surface area contributed by atoms with Gasteiger partial charge in [0.25, 0.3) is 0 Å². The maximum atomic E-state index is 11.0. The van der Waals surface area contributed by atoms with Crippen molar-refractivity contribution in [2.45, 2.75) is 5.92 Å². The lowest BCUT2D eigenvalue weighted by Crippen LogP contribution is -2.19. The number of hydrogen-bond donors (Lipinski definition) is 3. The molecule has 0 aliphatic rings. The highest BCUT2D eigenvalue weighted by atomic mass is 79.9. The van der Waals surface area contributed by atoms with Gasteiger partial charge in [-0.25, -0.2) is 0 Å². The molecule has 1 heterocycles. The monoisotopic (exact) mass is 352 g/mol. The van der Waals surface area contributed by atoms with E-state index < -0.39 is 10.8 Å². The van der Waals surface area contributed by atoms with Crippen LogP contribution in [0, 0.1) is 10.1 Å². The van der Waals surface area contributed by atoms with Gasteiger partial charge in [0, 0.05) is 9.40 Å². The first kappa shape index (κ1) is 15.0. The molecule has 0 radical (unpaired) electrons. The van der Waals surface area contributed by atoms with Crippen molar-refractivity contribution < 1.29 is 4.92 Å². The second kappa shape index (κ2) is 5.92. The van der Waals surface area contributed by atoms with E-state index in [1.54, 1.807) is 18.2 Å². The zero-order valence-electron chi connectivity index (χ0n) is 10.9. The van der Waals surface area contributed by atoms with Crippen molar-refractivity contribution in [1.82, 2.24) is 9.97 Å². The highest BCUT2D eigenvalue weighted by molar-refractivity contribution is 9.10. The summed E-state index contributed by atoms with van der Waals surface area (Å²) in [7, 11) is 0. The summed E-state index contributed by atoms with van der Waals surface area (Å²) in [5.74, 6) is -0.625. The van der Waals surface area contributed by atoms with Crippen LogP contribution in [0.2, 0.25) is 0 Å². The van der Waals surface area contributed by atoms with Crippen LogP contribution in [0.1, 0.15) is 17.0 Å². The quantitative estimate of drug-likeness (QED) is 0.556. The summed E-state index contributed by atoms with van der Waals surface area (Å²) in [6.07, 6.45) is 0. The molecule has 0 fully saturated rings. The molecule has 1 unspecified atom stereocenters. The number of nitro groups is 1. The molecule has 0 aliphatic carbocycles. The van der Waals surface area contributed by atoms with E-state index in [1.165, 1.54) is 0 Å². The molecule has 9 heteroatoms. The van der Waals surface area contributed by atoms with Crippen molar-refractivity contribution in [2.24, 2.45) is 0 Å². The number of rotatable bonds is 4. The minimum Gasteiger partial charge on any atom is -0.383 e. The summed E-state index contributed by atoms with van der Waals surface area (Å²) in [6.45, 7) is -0.377. The third-order valence-corrected chi connectivity index (χ3v) is 3.45. The average molecular weight is 353 g/mol. The van der Waals surface area contributed by atoms with Gasteiger partial charge >= 0.3 is 0 Å². The van der Waals surface area contributed by atoms with Gasteiger partial charge in [-0.05, 0) is 17.7 Å². The Labute approximate surface area is 128 Å². The van der Waals surface area contributed by atoms with E-state index in [9.17, 15) is 10.1 Å². The SMILES string of the molecule is Nc1nc(N)c(C(C[N+](=O)[O-])c2cccc(Br)c2)c(N)n1. The average Bonchev–Trinajstić information content (AvgIpc) is 2.35. The van der Waals surface area contributed by atoms with Crippen molar-refractivity contribution in [3.8, 4) is 0 Å². The van der Waals surface area contributed by atoms with Crippen LogP contribution < -0.4 is 17.2 Å². The molecule has 0 saturated heterocycles. The summed E-state index contributed by atoms with van der Waals surface area (Å²) in [5.41, 5.74) is 18.1. The fourth-order valence-electron chi connectivity index (χ4n) is 2.12. The lowest BCUT2D eigenvalue weighted by Gasteiger charge is -2.17. The van der Waals surface area contributed by atoms with Crippen LogP contribution in [0.4, 0.5) is 17.6 Å². The molecule has 0 bridgehead atoms. The number of benzene rings is 1. The standard InChI is InChI=1S/C12H13BrN6O2/c13-7-3-1-2-6(4-7)8(5-19(20)21)9-10(14)17-12(16)18-11(9)15/h1-4,8H,5H2,(H6,14,15,16,17,18). The number of hydrogen-bond acceptors (Lipinski definition) is 7. The highest BCUT2D eigenvalue weighted by Crippen LogP contribution is 2.33. The minimum absolute atomic E-state index is 0.0480. The number of anilines is 3. The Morgan fingerprint density at radius 3 is 2.38 bits per heavy atom. The molecule has 0 aliphatic heterocycles. The smallest absolute Gasteiger partial charge is 0.223 e. The van der Waals surface area contributed by atoms with Gasteiger partial charge in [0.05, 0.1) is 11.5 Å². The molecule has 110 valence electrons. The van der Waals surface area contributed by atoms with E-state index in [0.29, 0.717) is 11.1 Å². The van der Waals surface area contributed by atoms with Crippen LogP contribution in [-0.4, -0.2) is 21.4 Å². The van der Waals surface area contributed by atoms with E-state index in [-0.39, 0.29) is 24.1 Å². The summed E-state index contributed by atoms with van der Waals surface area (Å²) in [4.78, 5) is 18.2. The van der Waals surface area contributed by atoms with Gasteiger partial charge in [-0.1, -0.05) is 28.1 Å². The van der Waals surface area contributed by atoms with Crippen molar-refractivity contribution >= 4 is 33.5 Å². The van der Waals surface area contributed by atoms with E-state index >= 15 is 0 Å². The van der Waals surface area contributed by atoms with Gasteiger partial charge in [-0.15, -0.1) is 0 Å². The fourth-order valence-corrected chi connectivity index (χ4v) is 2.53.